The smallest absolute Gasteiger partial charge is 0.135 e. The molecule has 0 aliphatic carbocycles. The highest BCUT2D eigenvalue weighted by Crippen LogP contribution is 2.30. The minimum absolute atomic E-state index is 0.184. The number of pyridine rings is 2. The normalized spacial score (nSPS) is 12.9. The van der Waals surface area contributed by atoms with E-state index in [0.717, 1.165) is 28.6 Å². The van der Waals surface area contributed by atoms with E-state index in [1.54, 1.807) is 6.20 Å². The number of hydrogen-bond donors (Lipinski definition) is 2. The molecule has 0 radical (unpaired) electrons. The van der Waals surface area contributed by atoms with Crippen LogP contribution in [0.1, 0.15) is 29.5 Å². The average Bonchev–Trinajstić information content (AvgIpc) is 3.12. The molecule has 0 saturated heterocycles. The van der Waals surface area contributed by atoms with Crippen molar-refractivity contribution < 1.29 is 10.2 Å². The van der Waals surface area contributed by atoms with Gasteiger partial charge in [0, 0.05) is 41.3 Å². The van der Waals surface area contributed by atoms with E-state index in [-0.39, 0.29) is 5.92 Å². The van der Waals surface area contributed by atoms with Gasteiger partial charge < -0.3 is 19.0 Å². The summed E-state index contributed by atoms with van der Waals surface area (Å²) in [6, 6.07) is 9.87. The van der Waals surface area contributed by atoms with E-state index in [0.29, 0.717) is 11.5 Å². The second kappa shape index (κ2) is 5.34. The number of aryl methyl sites for hydroxylation is 1. The van der Waals surface area contributed by atoms with Crippen LogP contribution >= 0.6 is 0 Å². The molecule has 2 N–H and O–H groups in total. The molecule has 4 aromatic rings. The predicted octanol–water partition coefficient (Wildman–Crippen LogP) is 4.26. The van der Waals surface area contributed by atoms with Crippen LogP contribution in [0.4, 0.5) is 0 Å². The summed E-state index contributed by atoms with van der Waals surface area (Å²) in [5.41, 5.74) is 5.05. The lowest BCUT2D eigenvalue weighted by Gasteiger charge is -2.13. The van der Waals surface area contributed by atoms with E-state index in [1.165, 1.54) is 5.56 Å². The molecule has 0 bridgehead atoms. The van der Waals surface area contributed by atoms with Crippen molar-refractivity contribution >= 4 is 11.0 Å². The number of nitrogens with zero attached hydrogens (tertiary/aromatic N) is 2. The van der Waals surface area contributed by atoms with Crippen LogP contribution in [0.25, 0.3) is 11.0 Å². The lowest BCUT2D eigenvalue weighted by Crippen LogP contribution is -2.00. The van der Waals surface area contributed by atoms with Gasteiger partial charge in [0.25, 0.3) is 0 Å². The van der Waals surface area contributed by atoms with Gasteiger partial charge in [-0.15, -0.1) is 0 Å². The van der Waals surface area contributed by atoms with Crippen LogP contribution in [0.5, 0.6) is 11.5 Å². The zero-order chi connectivity index (χ0) is 16.8. The first-order valence-corrected chi connectivity index (χ1v) is 8.11. The van der Waals surface area contributed by atoms with Gasteiger partial charge in [0.15, 0.2) is 0 Å². The summed E-state index contributed by atoms with van der Waals surface area (Å²) < 4.78 is 3.97. The molecule has 0 spiro atoms. The third kappa shape index (κ3) is 2.40. The first-order valence-electron chi connectivity index (χ1n) is 8.11. The molecule has 4 heteroatoms. The fraction of sp³-hybridized carbons (Fsp3) is 0.200. The van der Waals surface area contributed by atoms with Crippen molar-refractivity contribution in [3.63, 3.8) is 0 Å². The second-order valence-electron chi connectivity index (χ2n) is 6.58. The molecule has 4 rings (SSSR count). The van der Waals surface area contributed by atoms with Gasteiger partial charge in [0.1, 0.15) is 11.5 Å². The molecule has 4 nitrogen and oxygen atoms in total. The molecule has 24 heavy (non-hydrogen) atoms. The number of hydrogen-bond acceptors (Lipinski definition) is 2. The van der Waals surface area contributed by atoms with Crippen molar-refractivity contribution in [1.82, 2.24) is 8.80 Å². The van der Waals surface area contributed by atoms with Crippen molar-refractivity contribution in [1.29, 1.82) is 0 Å². The fourth-order valence-electron chi connectivity index (χ4n) is 3.35. The molecule has 0 fully saturated rings. The molecule has 4 aromatic heterocycles. The molecule has 4 heterocycles. The van der Waals surface area contributed by atoms with Gasteiger partial charge in [0.05, 0.1) is 6.20 Å². The second-order valence-corrected chi connectivity index (χ2v) is 6.58. The van der Waals surface area contributed by atoms with Gasteiger partial charge in [-0.2, -0.15) is 0 Å². The van der Waals surface area contributed by atoms with Gasteiger partial charge in [-0.3, -0.25) is 0 Å². The molecule has 0 aliphatic heterocycles. The maximum atomic E-state index is 10.3. The summed E-state index contributed by atoms with van der Waals surface area (Å²) in [5.74, 6) is 0.822. The molecule has 0 aliphatic rings. The molecular weight excluding hydrogens is 300 g/mol. The van der Waals surface area contributed by atoms with Crippen LogP contribution in [0.3, 0.4) is 0 Å². The summed E-state index contributed by atoms with van der Waals surface area (Å²) in [4.78, 5) is 0. The predicted molar refractivity (Wildman–Crippen MR) is 95.0 cm³/mol. The summed E-state index contributed by atoms with van der Waals surface area (Å²) in [7, 11) is 0. The Morgan fingerprint density at radius 1 is 0.958 bits per heavy atom. The van der Waals surface area contributed by atoms with E-state index in [1.807, 2.05) is 58.6 Å². The summed E-state index contributed by atoms with van der Waals surface area (Å²) in [5, 5.41) is 20.2. The maximum absolute atomic E-state index is 10.3. The monoisotopic (exact) mass is 320 g/mol. The molecular formula is C20H20N2O2. The van der Waals surface area contributed by atoms with Crippen molar-refractivity contribution in [3.05, 3.63) is 71.8 Å². The Kier molecular flexibility index (Phi) is 3.27. The largest absolute Gasteiger partial charge is 0.508 e. The van der Waals surface area contributed by atoms with Gasteiger partial charge in [-0.25, -0.2) is 0 Å². The summed E-state index contributed by atoms with van der Waals surface area (Å²) in [6.45, 7) is 4.02. The van der Waals surface area contributed by atoms with E-state index in [2.05, 4.69) is 13.0 Å². The quantitative estimate of drug-likeness (QED) is 0.592. The lowest BCUT2D eigenvalue weighted by molar-refractivity contribution is 0.462. The van der Waals surface area contributed by atoms with Crippen molar-refractivity contribution in [2.45, 2.75) is 26.2 Å². The average molecular weight is 320 g/mol. The highest BCUT2D eigenvalue weighted by Gasteiger charge is 2.14. The zero-order valence-electron chi connectivity index (χ0n) is 13.8. The van der Waals surface area contributed by atoms with Gasteiger partial charge in [0.2, 0.25) is 0 Å². The lowest BCUT2D eigenvalue weighted by atomic mass is 9.95. The van der Waals surface area contributed by atoms with Crippen LogP contribution in [0.15, 0.2) is 55.1 Å². The van der Waals surface area contributed by atoms with E-state index < -0.39 is 0 Å². The van der Waals surface area contributed by atoms with Crippen LogP contribution < -0.4 is 0 Å². The van der Waals surface area contributed by atoms with Crippen molar-refractivity contribution in [2.75, 3.05) is 0 Å². The third-order valence-electron chi connectivity index (χ3n) is 4.71. The Morgan fingerprint density at radius 3 is 2.62 bits per heavy atom. The number of aromatic nitrogens is 2. The Bertz CT molecular complexity index is 1000. The Morgan fingerprint density at radius 2 is 1.79 bits per heavy atom. The Labute approximate surface area is 140 Å². The van der Waals surface area contributed by atoms with Crippen LogP contribution in [0.2, 0.25) is 0 Å². The van der Waals surface area contributed by atoms with Crippen LogP contribution in [0, 0.1) is 6.92 Å². The highest BCUT2D eigenvalue weighted by molar-refractivity contribution is 5.56. The maximum Gasteiger partial charge on any atom is 0.135 e. The molecule has 1 atom stereocenters. The molecule has 0 saturated carbocycles. The van der Waals surface area contributed by atoms with Gasteiger partial charge >= 0.3 is 0 Å². The van der Waals surface area contributed by atoms with Crippen molar-refractivity contribution in [2.24, 2.45) is 0 Å². The van der Waals surface area contributed by atoms with Crippen LogP contribution in [-0.2, 0) is 6.42 Å². The van der Waals surface area contributed by atoms with E-state index in [4.69, 9.17) is 0 Å². The van der Waals surface area contributed by atoms with E-state index >= 15 is 0 Å². The minimum atomic E-state index is 0.184. The minimum Gasteiger partial charge on any atom is -0.508 e. The molecule has 0 amide bonds. The third-order valence-corrected chi connectivity index (χ3v) is 4.71. The first-order chi connectivity index (χ1) is 11.5. The molecule has 0 aromatic carbocycles. The molecule has 1 unspecified atom stereocenters. The highest BCUT2D eigenvalue weighted by atomic mass is 16.3. The number of fused-ring (bicyclic) bond motifs is 2. The summed E-state index contributed by atoms with van der Waals surface area (Å²) in [6.07, 6.45) is 8.59. The van der Waals surface area contributed by atoms with Crippen LogP contribution in [-0.4, -0.2) is 19.0 Å². The molecule has 122 valence electrons. The number of aromatic hydroxyl groups is 2. The van der Waals surface area contributed by atoms with Crippen molar-refractivity contribution in [3.8, 4) is 11.5 Å². The Balaban J connectivity index is 1.67. The van der Waals surface area contributed by atoms with Gasteiger partial charge in [-0.05, 0) is 54.7 Å². The van der Waals surface area contributed by atoms with E-state index in [9.17, 15) is 10.2 Å². The fourth-order valence-corrected chi connectivity index (χ4v) is 3.35. The number of rotatable bonds is 3. The SMILES string of the molecule is Cc1cc2cc(CC(C)c3cn4cccc4cc3O)cn2cc1O. The Hall–Kier alpha value is -2.88. The summed E-state index contributed by atoms with van der Waals surface area (Å²) >= 11 is 0. The topological polar surface area (TPSA) is 49.3 Å². The standard InChI is InChI=1S/C20H20N2O2/c1-13(18-11-21-5-3-4-16(21)9-19(18)23)6-15-8-17-7-14(2)20(24)12-22(17)10-15/h3-5,7-13,23-24H,6H2,1-2H3. The van der Waals surface area contributed by atoms with Gasteiger partial charge in [-0.1, -0.05) is 6.92 Å². The first kappa shape index (κ1) is 14.7. The zero-order valence-corrected chi connectivity index (χ0v) is 13.8.